The predicted molar refractivity (Wildman–Crippen MR) is 55.1 cm³/mol. The molecule has 0 bridgehead atoms. The van der Waals surface area contributed by atoms with E-state index in [-0.39, 0.29) is 6.61 Å². The van der Waals surface area contributed by atoms with Crippen LogP contribution in [0.5, 0.6) is 5.75 Å². The van der Waals surface area contributed by atoms with Gasteiger partial charge in [-0.05, 0) is 27.2 Å². The number of hydrogen-bond donors (Lipinski definition) is 0. The summed E-state index contributed by atoms with van der Waals surface area (Å²) < 4.78 is 6.28. The van der Waals surface area contributed by atoms with Crippen molar-refractivity contribution in [3.05, 3.63) is 28.8 Å². The highest BCUT2D eigenvalue weighted by atomic mass is 79.9. The second kappa shape index (κ2) is 4.35. The van der Waals surface area contributed by atoms with Gasteiger partial charge in [0.15, 0.2) is 6.61 Å². The van der Waals surface area contributed by atoms with Crippen LogP contribution in [0.4, 0.5) is 0 Å². The summed E-state index contributed by atoms with van der Waals surface area (Å²) in [5.74, 6) is 1.20. The zero-order chi connectivity index (χ0) is 10.7. The molecule has 0 radical (unpaired) electrons. The average Bonchev–Trinajstić information content (AvgIpc) is 2.62. The number of aryl methyl sites for hydroxylation is 1. The second-order valence-corrected chi connectivity index (χ2v) is 3.74. The Labute approximate surface area is 94.4 Å². The minimum atomic E-state index is 0.284. The van der Waals surface area contributed by atoms with Crippen LogP contribution >= 0.6 is 15.9 Å². The molecule has 0 saturated heterocycles. The molecule has 0 fully saturated rings. The van der Waals surface area contributed by atoms with Gasteiger partial charge in [0, 0.05) is 10.7 Å². The average molecular weight is 270 g/mol. The standard InChI is InChI=1S/C8H8BrN5O/c1-14-12-8(11-13-14)5-15-7-2-6(9)3-10-4-7/h2-4H,5H2,1H3. The molecule has 7 heteroatoms. The van der Waals surface area contributed by atoms with E-state index in [1.807, 2.05) is 6.07 Å². The number of pyridine rings is 1. The van der Waals surface area contributed by atoms with Gasteiger partial charge in [-0.3, -0.25) is 4.98 Å². The van der Waals surface area contributed by atoms with Crippen molar-refractivity contribution < 1.29 is 4.74 Å². The third-order valence-electron chi connectivity index (χ3n) is 1.60. The molecule has 2 heterocycles. The minimum Gasteiger partial charge on any atom is -0.484 e. The summed E-state index contributed by atoms with van der Waals surface area (Å²) in [6.45, 7) is 0.284. The van der Waals surface area contributed by atoms with Crippen molar-refractivity contribution in [2.75, 3.05) is 0 Å². The Kier molecular flexibility index (Phi) is 2.91. The Morgan fingerprint density at radius 3 is 3.00 bits per heavy atom. The summed E-state index contributed by atoms with van der Waals surface area (Å²) >= 11 is 3.30. The zero-order valence-corrected chi connectivity index (χ0v) is 9.55. The van der Waals surface area contributed by atoms with Gasteiger partial charge in [0.2, 0.25) is 5.82 Å². The Hall–Kier alpha value is -1.50. The highest BCUT2D eigenvalue weighted by Crippen LogP contribution is 2.16. The summed E-state index contributed by atoms with van der Waals surface area (Å²) in [7, 11) is 1.71. The van der Waals surface area contributed by atoms with E-state index in [0.29, 0.717) is 11.6 Å². The van der Waals surface area contributed by atoms with Gasteiger partial charge in [-0.25, -0.2) is 0 Å². The van der Waals surface area contributed by atoms with Crippen LogP contribution in [0.25, 0.3) is 0 Å². The molecule has 0 unspecified atom stereocenters. The van der Waals surface area contributed by atoms with Gasteiger partial charge in [0.1, 0.15) is 5.75 Å². The first-order valence-electron chi connectivity index (χ1n) is 4.20. The third-order valence-corrected chi connectivity index (χ3v) is 2.03. The molecule has 6 nitrogen and oxygen atoms in total. The molecule has 0 aliphatic heterocycles. The molecular formula is C8H8BrN5O. The van der Waals surface area contributed by atoms with Gasteiger partial charge < -0.3 is 4.74 Å². The first-order chi connectivity index (χ1) is 7.24. The SMILES string of the molecule is Cn1nnc(COc2cncc(Br)c2)n1. The van der Waals surface area contributed by atoms with Gasteiger partial charge in [-0.2, -0.15) is 4.80 Å². The molecule has 0 aliphatic carbocycles. The number of aromatic nitrogens is 5. The van der Waals surface area contributed by atoms with Crippen molar-refractivity contribution in [1.82, 2.24) is 25.2 Å². The molecule has 0 saturated carbocycles. The molecule has 0 atom stereocenters. The summed E-state index contributed by atoms with van der Waals surface area (Å²) in [6, 6.07) is 1.82. The molecular weight excluding hydrogens is 262 g/mol. The number of ether oxygens (including phenoxy) is 1. The Morgan fingerprint density at radius 2 is 2.33 bits per heavy atom. The molecule has 15 heavy (non-hydrogen) atoms. The second-order valence-electron chi connectivity index (χ2n) is 2.82. The quantitative estimate of drug-likeness (QED) is 0.830. The van der Waals surface area contributed by atoms with Crippen molar-refractivity contribution in [3.63, 3.8) is 0 Å². The van der Waals surface area contributed by atoms with E-state index in [9.17, 15) is 0 Å². The van der Waals surface area contributed by atoms with E-state index in [1.54, 1.807) is 19.4 Å². The summed E-state index contributed by atoms with van der Waals surface area (Å²) in [6.07, 6.45) is 3.31. The van der Waals surface area contributed by atoms with Gasteiger partial charge in [0.25, 0.3) is 0 Å². The lowest BCUT2D eigenvalue weighted by Gasteiger charge is -2.01. The van der Waals surface area contributed by atoms with Gasteiger partial charge in [-0.15, -0.1) is 10.2 Å². The highest BCUT2D eigenvalue weighted by molar-refractivity contribution is 9.10. The molecule has 0 aliphatic rings. The van der Waals surface area contributed by atoms with E-state index in [2.05, 4.69) is 36.3 Å². The Morgan fingerprint density at radius 1 is 1.47 bits per heavy atom. The number of nitrogens with zero attached hydrogens (tertiary/aromatic N) is 5. The maximum Gasteiger partial charge on any atom is 0.212 e. The summed E-state index contributed by atoms with van der Waals surface area (Å²) in [5, 5.41) is 11.5. The van der Waals surface area contributed by atoms with E-state index in [0.717, 1.165) is 4.47 Å². The normalized spacial score (nSPS) is 10.3. The fourth-order valence-electron chi connectivity index (χ4n) is 1.00. The van der Waals surface area contributed by atoms with Crippen LogP contribution in [0.1, 0.15) is 5.82 Å². The Balaban J connectivity index is 1.99. The number of hydrogen-bond acceptors (Lipinski definition) is 5. The molecule has 2 rings (SSSR count). The van der Waals surface area contributed by atoms with Crippen LogP contribution < -0.4 is 4.74 Å². The predicted octanol–water partition coefficient (Wildman–Crippen LogP) is 0.947. The molecule has 0 amide bonds. The van der Waals surface area contributed by atoms with Gasteiger partial charge >= 0.3 is 0 Å². The summed E-state index contributed by atoms with van der Waals surface area (Å²) in [4.78, 5) is 5.35. The first kappa shape index (κ1) is 10.0. The van der Waals surface area contributed by atoms with Crippen LogP contribution in [0, 0.1) is 0 Å². The number of tetrazole rings is 1. The fourth-order valence-corrected chi connectivity index (χ4v) is 1.34. The van der Waals surface area contributed by atoms with Crippen LogP contribution in [0.15, 0.2) is 22.9 Å². The van der Waals surface area contributed by atoms with E-state index >= 15 is 0 Å². The van der Waals surface area contributed by atoms with Crippen molar-refractivity contribution >= 4 is 15.9 Å². The smallest absolute Gasteiger partial charge is 0.212 e. The fraction of sp³-hybridized carbons (Fsp3) is 0.250. The maximum absolute atomic E-state index is 5.42. The van der Waals surface area contributed by atoms with E-state index in [1.165, 1.54) is 4.80 Å². The van der Waals surface area contributed by atoms with Gasteiger partial charge in [0.05, 0.1) is 13.2 Å². The topological polar surface area (TPSA) is 65.7 Å². The Bertz CT molecular complexity index is 458. The molecule has 2 aromatic heterocycles. The molecule has 0 spiro atoms. The highest BCUT2D eigenvalue weighted by Gasteiger charge is 2.01. The van der Waals surface area contributed by atoms with Crippen LogP contribution in [-0.4, -0.2) is 25.2 Å². The largest absolute Gasteiger partial charge is 0.484 e. The third kappa shape index (κ3) is 2.72. The maximum atomic E-state index is 5.42. The van der Waals surface area contributed by atoms with Crippen molar-refractivity contribution in [1.29, 1.82) is 0 Å². The van der Waals surface area contributed by atoms with Crippen LogP contribution in [0.2, 0.25) is 0 Å². The lowest BCUT2D eigenvalue weighted by Crippen LogP contribution is -1.99. The van der Waals surface area contributed by atoms with E-state index in [4.69, 9.17) is 4.74 Å². The van der Waals surface area contributed by atoms with Crippen molar-refractivity contribution in [2.24, 2.45) is 7.05 Å². The minimum absolute atomic E-state index is 0.284. The molecule has 0 N–H and O–H groups in total. The first-order valence-corrected chi connectivity index (χ1v) is 4.99. The number of halogens is 1. The monoisotopic (exact) mass is 269 g/mol. The van der Waals surface area contributed by atoms with E-state index < -0.39 is 0 Å². The van der Waals surface area contributed by atoms with Gasteiger partial charge in [-0.1, -0.05) is 0 Å². The zero-order valence-electron chi connectivity index (χ0n) is 7.96. The van der Waals surface area contributed by atoms with Crippen molar-refractivity contribution in [3.8, 4) is 5.75 Å². The summed E-state index contributed by atoms with van der Waals surface area (Å²) in [5.41, 5.74) is 0. The number of rotatable bonds is 3. The van der Waals surface area contributed by atoms with Crippen LogP contribution in [-0.2, 0) is 13.7 Å². The lowest BCUT2D eigenvalue weighted by atomic mass is 10.5. The molecule has 2 aromatic rings. The molecule has 78 valence electrons. The molecule has 0 aromatic carbocycles. The van der Waals surface area contributed by atoms with Crippen LogP contribution in [0.3, 0.4) is 0 Å². The lowest BCUT2D eigenvalue weighted by molar-refractivity contribution is 0.294. The van der Waals surface area contributed by atoms with Crippen molar-refractivity contribution in [2.45, 2.75) is 6.61 Å².